The number of rotatable bonds is 4. The fourth-order valence-corrected chi connectivity index (χ4v) is 3.49. The van der Waals surface area contributed by atoms with Crippen molar-refractivity contribution >= 4 is 12.4 Å². The maximum absolute atomic E-state index is 10.9. The zero-order valence-corrected chi connectivity index (χ0v) is 15.2. The van der Waals surface area contributed by atoms with Gasteiger partial charge < -0.3 is 15.3 Å². The molecule has 1 unspecified atom stereocenters. The first-order chi connectivity index (χ1) is 11.5. The van der Waals surface area contributed by atoms with Crippen molar-refractivity contribution < 1.29 is 15.3 Å². The molecule has 0 aromatic heterocycles. The highest BCUT2D eigenvalue weighted by molar-refractivity contribution is 5.85. The second kappa shape index (κ2) is 8.19. The van der Waals surface area contributed by atoms with E-state index in [1.54, 1.807) is 24.3 Å². The van der Waals surface area contributed by atoms with Gasteiger partial charge in [0.05, 0.1) is 11.7 Å². The Morgan fingerprint density at radius 3 is 2.08 bits per heavy atom. The van der Waals surface area contributed by atoms with E-state index in [-0.39, 0.29) is 24.2 Å². The lowest BCUT2D eigenvalue weighted by Gasteiger charge is -2.42. The number of nitrogens with zero attached hydrogens (tertiary/aromatic N) is 1. The molecule has 0 spiro atoms. The van der Waals surface area contributed by atoms with E-state index in [0.29, 0.717) is 12.8 Å². The quantitative estimate of drug-likeness (QED) is 0.780. The smallest absolute Gasteiger partial charge is 0.115 e. The van der Waals surface area contributed by atoms with E-state index >= 15 is 0 Å². The van der Waals surface area contributed by atoms with Gasteiger partial charge in [-0.3, -0.25) is 4.90 Å². The van der Waals surface area contributed by atoms with Gasteiger partial charge in [-0.05, 0) is 43.0 Å². The van der Waals surface area contributed by atoms with E-state index in [0.717, 1.165) is 24.2 Å². The third kappa shape index (κ3) is 4.33. The molecule has 1 aliphatic heterocycles. The van der Waals surface area contributed by atoms with Gasteiger partial charge in [-0.2, -0.15) is 0 Å². The Kier molecular flexibility index (Phi) is 6.47. The predicted octanol–water partition coefficient (Wildman–Crippen LogP) is 3.22. The molecule has 0 amide bonds. The van der Waals surface area contributed by atoms with Gasteiger partial charge in [0.15, 0.2) is 0 Å². The minimum Gasteiger partial charge on any atom is -0.508 e. The molecule has 0 saturated carbocycles. The molecule has 1 aliphatic rings. The monoisotopic (exact) mass is 363 g/mol. The summed E-state index contributed by atoms with van der Waals surface area (Å²) in [6, 6.07) is 16.5. The lowest BCUT2D eigenvalue weighted by Crippen LogP contribution is -2.47. The van der Waals surface area contributed by atoms with Crippen LogP contribution in [0.2, 0.25) is 0 Å². The largest absolute Gasteiger partial charge is 0.508 e. The predicted molar refractivity (Wildman–Crippen MR) is 101 cm³/mol. The fraction of sp³-hybridized carbons (Fsp3) is 0.400. The second-order valence-corrected chi connectivity index (χ2v) is 6.71. The van der Waals surface area contributed by atoms with Crippen LogP contribution in [0.5, 0.6) is 5.75 Å². The summed E-state index contributed by atoms with van der Waals surface area (Å²) in [4.78, 5) is 2.22. The zero-order chi connectivity index (χ0) is 17.2. The van der Waals surface area contributed by atoms with Crippen LogP contribution in [0.4, 0.5) is 0 Å². The van der Waals surface area contributed by atoms with Crippen LogP contribution in [0.25, 0.3) is 0 Å². The maximum atomic E-state index is 10.9. The molecule has 2 atom stereocenters. The number of aliphatic hydroxyl groups excluding tert-OH is 1. The summed E-state index contributed by atoms with van der Waals surface area (Å²) in [6.07, 6.45) is 0.696. The molecular weight excluding hydrogens is 338 g/mol. The lowest BCUT2D eigenvalue weighted by atomic mass is 9.83. The molecule has 136 valence electrons. The Labute approximate surface area is 155 Å². The van der Waals surface area contributed by atoms with Gasteiger partial charge in [0.2, 0.25) is 0 Å². The molecular formula is C20H26ClNO3. The first kappa shape index (κ1) is 19.7. The molecule has 1 heterocycles. The van der Waals surface area contributed by atoms with Crippen molar-refractivity contribution in [2.24, 2.45) is 0 Å². The van der Waals surface area contributed by atoms with E-state index in [2.05, 4.69) is 4.90 Å². The second-order valence-electron chi connectivity index (χ2n) is 6.71. The molecule has 3 rings (SSSR count). The summed E-state index contributed by atoms with van der Waals surface area (Å²) in [7, 11) is 0. The van der Waals surface area contributed by atoms with Crippen LogP contribution in [0.1, 0.15) is 37.0 Å². The van der Waals surface area contributed by atoms with Crippen LogP contribution in [-0.4, -0.2) is 39.4 Å². The molecule has 3 N–H and O–H groups in total. The molecule has 25 heavy (non-hydrogen) atoms. The Morgan fingerprint density at radius 2 is 1.52 bits per heavy atom. The highest BCUT2D eigenvalue weighted by atomic mass is 35.5. The lowest BCUT2D eigenvalue weighted by molar-refractivity contribution is -0.0501. The summed E-state index contributed by atoms with van der Waals surface area (Å²) in [5, 5.41) is 30.9. The highest BCUT2D eigenvalue weighted by Gasteiger charge is 2.36. The van der Waals surface area contributed by atoms with Crippen LogP contribution in [-0.2, 0) is 5.60 Å². The number of likely N-dealkylation sites (tertiary alicyclic amines) is 1. The van der Waals surface area contributed by atoms with Crippen LogP contribution in [0, 0.1) is 0 Å². The van der Waals surface area contributed by atoms with Crippen molar-refractivity contribution in [3.8, 4) is 5.75 Å². The van der Waals surface area contributed by atoms with Gasteiger partial charge in [-0.15, -0.1) is 12.4 Å². The van der Waals surface area contributed by atoms with Crippen LogP contribution in [0.15, 0.2) is 54.6 Å². The summed E-state index contributed by atoms with van der Waals surface area (Å²) in [5.74, 6) is 0.199. The Hall–Kier alpha value is -1.59. The van der Waals surface area contributed by atoms with Crippen molar-refractivity contribution in [3.63, 3.8) is 0 Å². The van der Waals surface area contributed by atoms with E-state index in [1.165, 1.54) is 0 Å². The Morgan fingerprint density at radius 1 is 0.960 bits per heavy atom. The van der Waals surface area contributed by atoms with Crippen molar-refractivity contribution in [2.75, 3.05) is 13.1 Å². The molecule has 0 aliphatic carbocycles. The molecule has 0 bridgehead atoms. The third-order valence-corrected chi connectivity index (χ3v) is 5.20. The van der Waals surface area contributed by atoms with Crippen molar-refractivity contribution in [1.82, 2.24) is 4.90 Å². The molecule has 1 saturated heterocycles. The van der Waals surface area contributed by atoms with E-state index in [4.69, 9.17) is 0 Å². The molecule has 2 aromatic carbocycles. The van der Waals surface area contributed by atoms with E-state index in [1.807, 2.05) is 37.3 Å². The van der Waals surface area contributed by atoms with Crippen molar-refractivity contribution in [3.05, 3.63) is 65.7 Å². The first-order valence-electron chi connectivity index (χ1n) is 8.48. The fourth-order valence-electron chi connectivity index (χ4n) is 3.49. The number of hydrogen-bond acceptors (Lipinski definition) is 4. The van der Waals surface area contributed by atoms with Gasteiger partial charge in [0.1, 0.15) is 5.75 Å². The number of phenolic OH excluding ortho intramolecular Hbond substituents is 1. The summed E-state index contributed by atoms with van der Waals surface area (Å²) in [6.45, 7) is 3.48. The number of hydrogen-bond donors (Lipinski definition) is 3. The minimum absolute atomic E-state index is 0. The van der Waals surface area contributed by atoms with Gasteiger partial charge in [0, 0.05) is 19.1 Å². The molecule has 4 nitrogen and oxygen atoms in total. The third-order valence-electron chi connectivity index (χ3n) is 5.20. The number of phenols is 1. The number of benzene rings is 2. The normalized spacial score (nSPS) is 19.6. The Balaban J connectivity index is 0.00000225. The average Bonchev–Trinajstić information content (AvgIpc) is 2.62. The van der Waals surface area contributed by atoms with Crippen LogP contribution < -0.4 is 0 Å². The van der Waals surface area contributed by atoms with Gasteiger partial charge in [-0.1, -0.05) is 42.5 Å². The topological polar surface area (TPSA) is 63.9 Å². The Bertz CT molecular complexity index is 654. The average molecular weight is 364 g/mol. The molecule has 5 heteroatoms. The van der Waals surface area contributed by atoms with Crippen molar-refractivity contribution in [1.29, 1.82) is 0 Å². The van der Waals surface area contributed by atoms with Crippen molar-refractivity contribution in [2.45, 2.75) is 37.5 Å². The number of aliphatic hydroxyl groups is 2. The van der Waals surface area contributed by atoms with Gasteiger partial charge >= 0.3 is 0 Å². The standard InChI is InChI=1S/C20H25NO3.ClH/c1-15(19(23)16-7-9-18(22)10-8-16)21-13-11-20(24,12-14-21)17-5-3-2-4-6-17;/h2-10,15,19,22-24H,11-14H2,1H3;1H/t15-,19?;/m0./s1. The van der Waals surface area contributed by atoms with Gasteiger partial charge in [-0.25, -0.2) is 0 Å². The van der Waals surface area contributed by atoms with Crippen LogP contribution in [0.3, 0.4) is 0 Å². The number of piperidine rings is 1. The maximum Gasteiger partial charge on any atom is 0.115 e. The highest BCUT2D eigenvalue weighted by Crippen LogP contribution is 2.34. The minimum atomic E-state index is -0.777. The van der Waals surface area contributed by atoms with E-state index in [9.17, 15) is 15.3 Å². The van der Waals surface area contributed by atoms with Crippen LogP contribution >= 0.6 is 12.4 Å². The molecule has 2 aromatic rings. The van der Waals surface area contributed by atoms with Gasteiger partial charge in [0.25, 0.3) is 0 Å². The van der Waals surface area contributed by atoms with E-state index < -0.39 is 11.7 Å². The summed E-state index contributed by atoms with van der Waals surface area (Å²) < 4.78 is 0. The summed E-state index contributed by atoms with van der Waals surface area (Å²) in [5.41, 5.74) is 0.988. The summed E-state index contributed by atoms with van der Waals surface area (Å²) >= 11 is 0. The zero-order valence-electron chi connectivity index (χ0n) is 14.4. The number of aromatic hydroxyl groups is 1. The first-order valence-corrected chi connectivity index (χ1v) is 8.48. The molecule has 1 fully saturated rings. The SMILES string of the molecule is C[C@@H](C(O)c1ccc(O)cc1)N1CCC(O)(c2ccccc2)CC1.Cl. The molecule has 0 radical (unpaired) electrons. The number of halogens is 1.